The molecule has 0 atom stereocenters. The van der Waals surface area contributed by atoms with E-state index in [0.29, 0.717) is 11.5 Å². The molecule has 0 saturated heterocycles. The minimum absolute atomic E-state index is 0.421. The van der Waals surface area contributed by atoms with Gasteiger partial charge in [0.05, 0.1) is 6.61 Å². The maximum Gasteiger partial charge on any atom is 0.125 e. The second-order valence-electron chi connectivity index (χ2n) is 7.07. The lowest BCUT2D eigenvalue weighted by Gasteiger charge is -2.31. The van der Waals surface area contributed by atoms with Crippen molar-refractivity contribution in [3.63, 3.8) is 0 Å². The van der Waals surface area contributed by atoms with Crippen LogP contribution in [0.1, 0.15) is 50.7 Å². The summed E-state index contributed by atoms with van der Waals surface area (Å²) in [5.41, 5.74) is 3.21. The van der Waals surface area contributed by atoms with Crippen molar-refractivity contribution in [2.75, 3.05) is 13.2 Å². The minimum atomic E-state index is 0.421. The quantitative estimate of drug-likeness (QED) is 0.843. The van der Waals surface area contributed by atoms with Gasteiger partial charge in [-0.3, -0.25) is 0 Å². The Bertz CT molecular complexity index is 506. The van der Waals surface area contributed by atoms with Crippen molar-refractivity contribution in [3.8, 4) is 5.75 Å². The van der Waals surface area contributed by atoms with Gasteiger partial charge in [-0.25, -0.2) is 0 Å². The van der Waals surface area contributed by atoms with E-state index in [0.717, 1.165) is 26.0 Å². The summed E-state index contributed by atoms with van der Waals surface area (Å²) in [7, 11) is 0. The van der Waals surface area contributed by atoms with Gasteiger partial charge in [-0.2, -0.15) is 0 Å². The zero-order chi connectivity index (χ0) is 14.9. The molecule has 0 amide bonds. The Labute approximate surface area is 136 Å². The molecule has 0 radical (unpaired) electrons. The van der Waals surface area contributed by atoms with Gasteiger partial charge in [-0.1, -0.05) is 42.6 Å². The van der Waals surface area contributed by atoms with Crippen molar-refractivity contribution in [2.24, 2.45) is 5.41 Å². The molecule has 21 heavy (non-hydrogen) atoms. The van der Waals surface area contributed by atoms with Crippen molar-refractivity contribution in [3.05, 3.63) is 27.7 Å². The van der Waals surface area contributed by atoms with Crippen LogP contribution in [-0.4, -0.2) is 19.2 Å². The van der Waals surface area contributed by atoms with Crippen LogP contribution >= 0.6 is 15.9 Å². The van der Waals surface area contributed by atoms with Crippen LogP contribution < -0.4 is 10.1 Å². The van der Waals surface area contributed by atoms with Crippen molar-refractivity contribution >= 4 is 15.9 Å². The van der Waals surface area contributed by atoms with E-state index in [1.165, 1.54) is 47.0 Å². The molecule has 0 aromatic heterocycles. The molecule has 1 heterocycles. The normalized spacial score (nSPS) is 19.8. The smallest absolute Gasteiger partial charge is 0.125 e. The largest absolute Gasteiger partial charge is 0.493 e. The number of benzene rings is 1. The number of hydrogen-bond donors (Lipinski definition) is 1. The van der Waals surface area contributed by atoms with E-state index in [1.54, 1.807) is 0 Å². The lowest BCUT2D eigenvalue weighted by atomic mass is 9.79. The zero-order valence-electron chi connectivity index (χ0n) is 13.2. The van der Waals surface area contributed by atoms with Crippen LogP contribution in [0.25, 0.3) is 0 Å². The molecule has 0 unspecified atom stereocenters. The van der Waals surface area contributed by atoms with Gasteiger partial charge in [-0.05, 0) is 47.9 Å². The molecule has 1 aliphatic carbocycles. The molecule has 3 rings (SSSR count). The van der Waals surface area contributed by atoms with Crippen LogP contribution in [0.5, 0.6) is 5.75 Å². The molecule has 0 bridgehead atoms. The fraction of sp³-hybridized carbons (Fsp3) is 0.667. The molecule has 2 nitrogen and oxygen atoms in total. The van der Waals surface area contributed by atoms with Crippen LogP contribution in [0.3, 0.4) is 0 Å². The lowest BCUT2D eigenvalue weighted by Crippen LogP contribution is -2.37. The molecule has 3 heteroatoms. The van der Waals surface area contributed by atoms with Crippen LogP contribution in [0.2, 0.25) is 0 Å². The Morgan fingerprint density at radius 1 is 1.29 bits per heavy atom. The third kappa shape index (κ3) is 3.45. The van der Waals surface area contributed by atoms with Gasteiger partial charge >= 0.3 is 0 Å². The Morgan fingerprint density at radius 2 is 2.05 bits per heavy atom. The number of nitrogens with one attached hydrogen (secondary N) is 1. The lowest BCUT2D eigenvalue weighted by molar-refractivity contribution is 0.264. The predicted molar refractivity (Wildman–Crippen MR) is 91.1 cm³/mol. The molecular weight excluding hydrogens is 326 g/mol. The molecule has 2 aliphatic rings. The number of hydrogen-bond acceptors (Lipinski definition) is 2. The summed E-state index contributed by atoms with van der Waals surface area (Å²) in [4.78, 5) is 0. The summed E-state index contributed by atoms with van der Waals surface area (Å²) in [6.45, 7) is 6.45. The summed E-state index contributed by atoms with van der Waals surface area (Å²) >= 11 is 3.67. The molecule has 1 aliphatic heterocycles. The average Bonchev–Trinajstić information content (AvgIpc) is 3.06. The first-order chi connectivity index (χ1) is 10.1. The Morgan fingerprint density at radius 3 is 2.76 bits per heavy atom. The first-order valence-electron chi connectivity index (χ1n) is 8.25. The van der Waals surface area contributed by atoms with E-state index in [9.17, 15) is 0 Å². The molecule has 1 aromatic rings. The fourth-order valence-electron chi connectivity index (χ4n) is 3.84. The number of fused-ring (bicyclic) bond motifs is 1. The van der Waals surface area contributed by atoms with Gasteiger partial charge in [0.2, 0.25) is 0 Å². The van der Waals surface area contributed by atoms with Crippen LogP contribution in [0.4, 0.5) is 0 Å². The second-order valence-corrected chi connectivity index (χ2v) is 7.99. The maximum absolute atomic E-state index is 5.92. The van der Waals surface area contributed by atoms with E-state index >= 15 is 0 Å². The van der Waals surface area contributed by atoms with Crippen LogP contribution in [0, 0.1) is 5.41 Å². The molecule has 0 spiro atoms. The average molecular weight is 352 g/mol. The van der Waals surface area contributed by atoms with E-state index < -0.39 is 0 Å². The van der Waals surface area contributed by atoms with E-state index in [2.05, 4.69) is 47.2 Å². The van der Waals surface area contributed by atoms with Crippen molar-refractivity contribution in [1.82, 2.24) is 5.32 Å². The van der Waals surface area contributed by atoms with Crippen LogP contribution in [-0.2, 0) is 12.8 Å². The Kier molecular flexibility index (Phi) is 4.60. The van der Waals surface area contributed by atoms with Crippen molar-refractivity contribution in [1.29, 1.82) is 0 Å². The highest BCUT2D eigenvalue weighted by molar-refractivity contribution is 9.10. The molecule has 1 N–H and O–H groups in total. The number of ether oxygens (including phenoxy) is 1. The minimum Gasteiger partial charge on any atom is -0.493 e. The van der Waals surface area contributed by atoms with Gasteiger partial charge in [0.25, 0.3) is 0 Å². The Hall–Kier alpha value is -0.540. The molecular formula is C18H26BrNO. The van der Waals surface area contributed by atoms with E-state index in [-0.39, 0.29) is 0 Å². The van der Waals surface area contributed by atoms with Crippen molar-refractivity contribution < 1.29 is 4.74 Å². The molecule has 1 saturated carbocycles. The summed E-state index contributed by atoms with van der Waals surface area (Å²) in [6.07, 6.45) is 7.63. The first kappa shape index (κ1) is 15.4. The predicted octanol–water partition coefficient (Wildman–Crippen LogP) is 4.48. The molecule has 116 valence electrons. The monoisotopic (exact) mass is 351 g/mol. The second kappa shape index (κ2) is 6.29. The standard InChI is InChI=1S/C18H26BrNO/c1-13(2)20-12-18(6-3-4-7-18)11-15-10-16(19)9-14-5-8-21-17(14)15/h9-10,13,20H,3-8,11-12H2,1-2H3. The molecule has 1 aromatic carbocycles. The fourth-order valence-corrected chi connectivity index (χ4v) is 4.40. The topological polar surface area (TPSA) is 21.3 Å². The van der Waals surface area contributed by atoms with Crippen LogP contribution in [0.15, 0.2) is 16.6 Å². The van der Waals surface area contributed by atoms with Gasteiger partial charge in [0.1, 0.15) is 5.75 Å². The maximum atomic E-state index is 5.92. The summed E-state index contributed by atoms with van der Waals surface area (Å²) < 4.78 is 7.12. The van der Waals surface area contributed by atoms with Gasteiger partial charge in [0, 0.05) is 23.5 Å². The van der Waals surface area contributed by atoms with Gasteiger partial charge in [0.15, 0.2) is 0 Å². The number of rotatable bonds is 5. The third-order valence-electron chi connectivity index (χ3n) is 4.94. The van der Waals surface area contributed by atoms with Crippen molar-refractivity contribution in [2.45, 2.75) is 58.4 Å². The SMILES string of the molecule is CC(C)NCC1(Cc2cc(Br)cc3c2OCC3)CCCC1. The van der Waals surface area contributed by atoms with E-state index in [4.69, 9.17) is 4.74 Å². The Balaban J connectivity index is 1.83. The van der Waals surface area contributed by atoms with Gasteiger partial charge in [-0.15, -0.1) is 0 Å². The highest BCUT2D eigenvalue weighted by atomic mass is 79.9. The summed E-state index contributed by atoms with van der Waals surface area (Å²) in [6, 6.07) is 5.06. The van der Waals surface area contributed by atoms with E-state index in [1.807, 2.05) is 0 Å². The third-order valence-corrected chi connectivity index (χ3v) is 5.40. The summed E-state index contributed by atoms with van der Waals surface area (Å²) in [5.74, 6) is 1.18. The number of halogens is 1. The molecule has 1 fully saturated rings. The highest BCUT2D eigenvalue weighted by Gasteiger charge is 2.35. The summed E-state index contributed by atoms with van der Waals surface area (Å²) in [5, 5.41) is 3.68. The first-order valence-corrected chi connectivity index (χ1v) is 9.05. The zero-order valence-corrected chi connectivity index (χ0v) is 14.8. The van der Waals surface area contributed by atoms with Gasteiger partial charge < -0.3 is 10.1 Å². The highest BCUT2D eigenvalue weighted by Crippen LogP contribution is 2.44.